The lowest BCUT2D eigenvalue weighted by Gasteiger charge is -2.10. The van der Waals surface area contributed by atoms with Gasteiger partial charge in [-0.1, -0.05) is 6.92 Å². The predicted molar refractivity (Wildman–Crippen MR) is 34.6 cm³/mol. The van der Waals surface area contributed by atoms with Crippen LogP contribution in [-0.2, 0) is 4.74 Å². The molecule has 0 aromatic rings. The van der Waals surface area contributed by atoms with E-state index in [0.717, 1.165) is 0 Å². The Morgan fingerprint density at radius 2 is 2.33 bits per heavy atom. The second kappa shape index (κ2) is 4.30. The monoisotopic (exact) mass is 128 g/mol. The highest BCUT2D eigenvalue weighted by molar-refractivity contribution is 4.89. The minimum Gasteiger partial charge on any atom is -0.384 e. The molecule has 0 amide bonds. The molecule has 3 heteroatoms. The molecule has 2 atom stereocenters. The summed E-state index contributed by atoms with van der Waals surface area (Å²) >= 11 is 0. The molecule has 2 unspecified atom stereocenters. The normalized spacial score (nSPS) is 16.2. The molecule has 0 aromatic heterocycles. The van der Waals surface area contributed by atoms with Crippen LogP contribution in [0, 0.1) is 17.2 Å². The molecule has 0 aliphatic heterocycles. The second-order valence-electron chi connectivity index (χ2n) is 2.09. The summed E-state index contributed by atoms with van der Waals surface area (Å²) in [4.78, 5) is 0. The largest absolute Gasteiger partial charge is 0.384 e. The Kier molecular flexibility index (Phi) is 4.02. The molecule has 0 spiro atoms. The highest BCUT2D eigenvalue weighted by Gasteiger charge is 2.09. The van der Waals surface area contributed by atoms with Crippen molar-refractivity contribution >= 4 is 0 Å². The summed E-state index contributed by atoms with van der Waals surface area (Å²) in [5.41, 5.74) is 5.36. The van der Waals surface area contributed by atoms with Crippen LogP contribution in [0.5, 0.6) is 0 Å². The Morgan fingerprint density at radius 1 is 1.78 bits per heavy atom. The molecule has 52 valence electrons. The molecule has 2 N–H and O–H groups in total. The third-order valence-electron chi connectivity index (χ3n) is 1.19. The number of nitriles is 1. The third-order valence-corrected chi connectivity index (χ3v) is 1.19. The van der Waals surface area contributed by atoms with E-state index in [-0.39, 0.29) is 5.92 Å². The van der Waals surface area contributed by atoms with Crippen molar-refractivity contribution in [3.05, 3.63) is 0 Å². The minimum absolute atomic E-state index is 0.125. The number of hydrogen-bond acceptors (Lipinski definition) is 3. The van der Waals surface area contributed by atoms with E-state index in [1.807, 2.05) is 13.0 Å². The topological polar surface area (TPSA) is 59.0 Å². The van der Waals surface area contributed by atoms with Crippen molar-refractivity contribution in [2.24, 2.45) is 11.7 Å². The fraction of sp³-hybridized carbons (Fsp3) is 0.833. The third kappa shape index (κ3) is 3.07. The smallest absolute Gasteiger partial charge is 0.0975 e. The Balaban J connectivity index is 3.48. The van der Waals surface area contributed by atoms with Crippen molar-refractivity contribution in [2.75, 3.05) is 13.7 Å². The average molecular weight is 128 g/mol. The van der Waals surface area contributed by atoms with Gasteiger partial charge in [-0.25, -0.2) is 0 Å². The molecular formula is C6H12N2O. The van der Waals surface area contributed by atoms with Crippen LogP contribution in [0.2, 0.25) is 0 Å². The van der Waals surface area contributed by atoms with Crippen molar-refractivity contribution in [1.82, 2.24) is 0 Å². The molecule has 0 aromatic carbocycles. The standard InChI is InChI=1S/C6H12N2O/c1-5(4-9-2)6(8)3-7/h5-6H,4,8H2,1-2H3. The number of nitrogens with two attached hydrogens (primary N) is 1. The van der Waals surface area contributed by atoms with Crippen LogP contribution in [-0.4, -0.2) is 19.8 Å². The summed E-state index contributed by atoms with van der Waals surface area (Å²) in [6.45, 7) is 2.44. The first-order valence-electron chi connectivity index (χ1n) is 2.86. The zero-order valence-corrected chi connectivity index (χ0v) is 5.79. The van der Waals surface area contributed by atoms with E-state index in [1.165, 1.54) is 0 Å². The predicted octanol–water partition coefficient (Wildman–Crippen LogP) is 0.120. The van der Waals surface area contributed by atoms with E-state index < -0.39 is 6.04 Å². The molecule has 0 heterocycles. The number of nitrogens with zero attached hydrogens (tertiary/aromatic N) is 1. The van der Waals surface area contributed by atoms with Crippen LogP contribution < -0.4 is 5.73 Å². The van der Waals surface area contributed by atoms with E-state index in [9.17, 15) is 0 Å². The zero-order chi connectivity index (χ0) is 7.28. The molecule has 0 aliphatic rings. The molecule has 3 nitrogen and oxygen atoms in total. The highest BCUT2D eigenvalue weighted by Crippen LogP contribution is 1.98. The Morgan fingerprint density at radius 3 is 2.67 bits per heavy atom. The summed E-state index contributed by atoms with van der Waals surface area (Å²) in [5, 5.41) is 8.30. The van der Waals surface area contributed by atoms with Crippen LogP contribution in [0.3, 0.4) is 0 Å². The first-order valence-corrected chi connectivity index (χ1v) is 2.86. The molecule has 0 rings (SSSR count). The van der Waals surface area contributed by atoms with Crippen molar-refractivity contribution in [1.29, 1.82) is 5.26 Å². The van der Waals surface area contributed by atoms with Gasteiger partial charge in [-0.3, -0.25) is 0 Å². The Hall–Kier alpha value is -0.590. The van der Waals surface area contributed by atoms with Gasteiger partial charge in [-0.2, -0.15) is 5.26 Å². The van der Waals surface area contributed by atoms with Gasteiger partial charge in [0.15, 0.2) is 0 Å². The molecule has 0 fully saturated rings. The van der Waals surface area contributed by atoms with Crippen molar-refractivity contribution < 1.29 is 4.74 Å². The quantitative estimate of drug-likeness (QED) is 0.587. The summed E-state index contributed by atoms with van der Waals surface area (Å²) in [5.74, 6) is 0.125. The lowest BCUT2D eigenvalue weighted by atomic mass is 10.1. The maximum absolute atomic E-state index is 8.30. The van der Waals surface area contributed by atoms with E-state index in [1.54, 1.807) is 7.11 Å². The fourth-order valence-electron chi connectivity index (χ4n) is 0.494. The molecule has 0 radical (unpaired) electrons. The van der Waals surface area contributed by atoms with Gasteiger partial charge in [0.2, 0.25) is 0 Å². The van der Waals surface area contributed by atoms with Gasteiger partial charge >= 0.3 is 0 Å². The number of hydrogen-bond donors (Lipinski definition) is 1. The van der Waals surface area contributed by atoms with Gasteiger partial charge in [-0.15, -0.1) is 0 Å². The van der Waals surface area contributed by atoms with E-state index >= 15 is 0 Å². The molecular weight excluding hydrogens is 116 g/mol. The van der Waals surface area contributed by atoms with Gasteiger partial charge < -0.3 is 10.5 Å². The summed E-state index contributed by atoms with van der Waals surface area (Å²) in [7, 11) is 1.60. The maximum atomic E-state index is 8.30. The molecule has 0 saturated heterocycles. The first-order chi connectivity index (χ1) is 4.22. The van der Waals surface area contributed by atoms with Crippen molar-refractivity contribution in [3.8, 4) is 6.07 Å². The van der Waals surface area contributed by atoms with Gasteiger partial charge in [0.05, 0.1) is 18.7 Å². The number of rotatable bonds is 3. The first kappa shape index (κ1) is 8.41. The summed E-state index contributed by atoms with van der Waals surface area (Å²) in [6.07, 6.45) is 0. The lowest BCUT2D eigenvalue weighted by molar-refractivity contribution is 0.155. The minimum atomic E-state index is -0.398. The summed E-state index contributed by atoms with van der Waals surface area (Å²) < 4.78 is 4.80. The number of methoxy groups -OCH3 is 1. The second-order valence-corrected chi connectivity index (χ2v) is 2.09. The lowest BCUT2D eigenvalue weighted by Crippen LogP contribution is -2.29. The molecule has 0 aliphatic carbocycles. The maximum Gasteiger partial charge on any atom is 0.0975 e. The van der Waals surface area contributed by atoms with E-state index in [0.29, 0.717) is 6.61 Å². The summed E-state index contributed by atoms with van der Waals surface area (Å²) in [6, 6.07) is 1.55. The molecule has 0 bridgehead atoms. The van der Waals surface area contributed by atoms with E-state index in [2.05, 4.69) is 0 Å². The average Bonchev–Trinajstić information content (AvgIpc) is 1.87. The Labute approximate surface area is 55.4 Å². The van der Waals surface area contributed by atoms with Gasteiger partial charge in [-0.05, 0) is 0 Å². The van der Waals surface area contributed by atoms with E-state index in [4.69, 9.17) is 15.7 Å². The van der Waals surface area contributed by atoms with Crippen molar-refractivity contribution in [3.63, 3.8) is 0 Å². The van der Waals surface area contributed by atoms with Gasteiger partial charge in [0.25, 0.3) is 0 Å². The SMILES string of the molecule is COCC(C)C(N)C#N. The van der Waals surface area contributed by atoms with Crippen LogP contribution >= 0.6 is 0 Å². The Bertz CT molecular complexity index is 108. The van der Waals surface area contributed by atoms with Crippen molar-refractivity contribution in [2.45, 2.75) is 13.0 Å². The molecule has 0 saturated carbocycles. The molecule has 9 heavy (non-hydrogen) atoms. The highest BCUT2D eigenvalue weighted by atomic mass is 16.5. The number of ether oxygens (including phenoxy) is 1. The van der Waals surface area contributed by atoms with Crippen LogP contribution in [0.4, 0.5) is 0 Å². The zero-order valence-electron chi connectivity index (χ0n) is 5.79. The van der Waals surface area contributed by atoms with Crippen LogP contribution in [0.15, 0.2) is 0 Å². The fourth-order valence-corrected chi connectivity index (χ4v) is 0.494. The van der Waals surface area contributed by atoms with Crippen LogP contribution in [0.1, 0.15) is 6.92 Å². The van der Waals surface area contributed by atoms with Gasteiger partial charge in [0.1, 0.15) is 0 Å². The van der Waals surface area contributed by atoms with Crippen LogP contribution in [0.25, 0.3) is 0 Å². The van der Waals surface area contributed by atoms with Gasteiger partial charge in [0, 0.05) is 13.0 Å².